The summed E-state index contributed by atoms with van der Waals surface area (Å²) in [6.45, 7) is 6.91. The van der Waals surface area contributed by atoms with Gasteiger partial charge in [0, 0.05) is 38.1 Å². The Labute approximate surface area is 195 Å². The molecule has 2 aliphatic rings. The van der Waals surface area contributed by atoms with Gasteiger partial charge in [-0.15, -0.1) is 0 Å². The minimum atomic E-state index is -0.625. The summed E-state index contributed by atoms with van der Waals surface area (Å²) in [5.41, 5.74) is 5.44. The topological polar surface area (TPSA) is 77.0 Å². The SMILES string of the molecule is CCOC(=O)C=Cc1ccc2c(c1)C[C@@H](NCC(O)c1ccc3c(c1)COC(C)(C)O3)CC2. The summed E-state index contributed by atoms with van der Waals surface area (Å²) < 4.78 is 16.5. The molecular formula is C27H33NO5. The second kappa shape index (κ2) is 10.1. The van der Waals surface area contributed by atoms with Gasteiger partial charge in [-0.05, 0) is 66.6 Å². The lowest BCUT2D eigenvalue weighted by Gasteiger charge is -2.33. The van der Waals surface area contributed by atoms with Crippen molar-refractivity contribution >= 4 is 12.0 Å². The summed E-state index contributed by atoms with van der Waals surface area (Å²) in [5, 5.41) is 14.3. The highest BCUT2D eigenvalue weighted by molar-refractivity contribution is 5.87. The third kappa shape index (κ3) is 6.02. The van der Waals surface area contributed by atoms with Gasteiger partial charge in [0.1, 0.15) is 5.75 Å². The van der Waals surface area contributed by atoms with Crippen LogP contribution >= 0.6 is 0 Å². The first-order valence-corrected chi connectivity index (χ1v) is 11.7. The summed E-state index contributed by atoms with van der Waals surface area (Å²) in [5.74, 6) is -0.139. The van der Waals surface area contributed by atoms with E-state index >= 15 is 0 Å². The van der Waals surface area contributed by atoms with Crippen LogP contribution in [0.4, 0.5) is 0 Å². The second-order valence-corrected chi connectivity index (χ2v) is 9.14. The smallest absolute Gasteiger partial charge is 0.330 e. The zero-order chi connectivity index (χ0) is 23.4. The molecule has 6 nitrogen and oxygen atoms in total. The summed E-state index contributed by atoms with van der Waals surface area (Å²) in [6, 6.07) is 12.4. The average molecular weight is 452 g/mol. The summed E-state index contributed by atoms with van der Waals surface area (Å²) >= 11 is 0. The molecule has 176 valence electrons. The maximum Gasteiger partial charge on any atom is 0.330 e. The normalized spacial score (nSPS) is 19.9. The van der Waals surface area contributed by atoms with Crippen LogP contribution in [0.3, 0.4) is 0 Å². The highest BCUT2D eigenvalue weighted by Gasteiger charge is 2.28. The molecule has 0 aromatic heterocycles. The van der Waals surface area contributed by atoms with Gasteiger partial charge >= 0.3 is 5.97 Å². The van der Waals surface area contributed by atoms with Crippen LogP contribution in [-0.4, -0.2) is 36.1 Å². The van der Waals surface area contributed by atoms with Crippen molar-refractivity contribution in [2.24, 2.45) is 0 Å². The van der Waals surface area contributed by atoms with E-state index in [-0.39, 0.29) is 5.97 Å². The molecule has 0 radical (unpaired) electrons. The standard InChI is InChI=1S/C27H33NO5/c1-4-31-26(30)12-6-18-5-7-19-8-10-23(15-21(19)13-18)28-16-24(29)20-9-11-25-22(14-20)17-32-27(2,3)33-25/h5-7,9,11-14,23-24,28-29H,4,8,10,15-17H2,1-3H3/t23-,24?/m0/s1. The predicted molar refractivity (Wildman–Crippen MR) is 127 cm³/mol. The number of aryl methyl sites for hydroxylation is 1. The number of carbonyl (C=O) groups is 1. The van der Waals surface area contributed by atoms with Crippen LogP contribution < -0.4 is 10.1 Å². The molecule has 1 aliphatic carbocycles. The fourth-order valence-corrected chi connectivity index (χ4v) is 4.37. The van der Waals surface area contributed by atoms with Crippen molar-refractivity contribution in [2.45, 2.75) is 64.6 Å². The van der Waals surface area contributed by atoms with E-state index in [9.17, 15) is 9.90 Å². The molecular weight excluding hydrogens is 418 g/mol. The van der Waals surface area contributed by atoms with Gasteiger partial charge in [0.25, 0.3) is 0 Å². The predicted octanol–water partition coefficient (Wildman–Crippen LogP) is 4.09. The number of carbonyl (C=O) groups excluding carboxylic acids is 1. The van der Waals surface area contributed by atoms with Crippen molar-refractivity contribution in [1.82, 2.24) is 5.32 Å². The lowest BCUT2D eigenvalue weighted by molar-refractivity contribution is -0.180. The fraction of sp³-hybridized carbons (Fsp3) is 0.444. The number of benzene rings is 2. The van der Waals surface area contributed by atoms with Crippen LogP contribution in [0.5, 0.6) is 5.75 Å². The molecule has 4 rings (SSSR count). The van der Waals surface area contributed by atoms with E-state index in [4.69, 9.17) is 14.2 Å². The van der Waals surface area contributed by atoms with Crippen molar-refractivity contribution in [2.75, 3.05) is 13.2 Å². The fourth-order valence-electron chi connectivity index (χ4n) is 4.37. The Morgan fingerprint density at radius 2 is 2.09 bits per heavy atom. The average Bonchev–Trinajstić information content (AvgIpc) is 2.80. The molecule has 2 atom stereocenters. The van der Waals surface area contributed by atoms with Crippen molar-refractivity contribution in [3.63, 3.8) is 0 Å². The van der Waals surface area contributed by atoms with Crippen molar-refractivity contribution in [1.29, 1.82) is 0 Å². The van der Waals surface area contributed by atoms with Crippen LogP contribution in [0, 0.1) is 0 Å². The second-order valence-electron chi connectivity index (χ2n) is 9.14. The van der Waals surface area contributed by atoms with E-state index in [1.54, 1.807) is 13.0 Å². The van der Waals surface area contributed by atoms with Gasteiger partial charge in [-0.25, -0.2) is 4.79 Å². The first-order chi connectivity index (χ1) is 15.8. The van der Waals surface area contributed by atoms with Gasteiger partial charge in [-0.2, -0.15) is 0 Å². The minimum absolute atomic E-state index is 0.293. The van der Waals surface area contributed by atoms with Gasteiger partial charge in [0.05, 0.1) is 19.3 Å². The number of hydrogen-bond donors (Lipinski definition) is 2. The van der Waals surface area contributed by atoms with Crippen LogP contribution in [-0.2, 0) is 33.7 Å². The molecule has 0 saturated carbocycles. The molecule has 0 fully saturated rings. The van der Waals surface area contributed by atoms with E-state index < -0.39 is 11.9 Å². The van der Waals surface area contributed by atoms with Gasteiger partial charge < -0.3 is 24.6 Å². The number of esters is 1. The number of hydrogen-bond acceptors (Lipinski definition) is 6. The minimum Gasteiger partial charge on any atom is -0.463 e. The molecule has 2 aromatic carbocycles. The van der Waals surface area contributed by atoms with E-state index in [1.807, 2.05) is 38.1 Å². The molecule has 2 aromatic rings. The summed E-state index contributed by atoms with van der Waals surface area (Å²) in [4.78, 5) is 11.6. The highest BCUT2D eigenvalue weighted by Crippen LogP contribution is 2.33. The Bertz CT molecular complexity index is 1030. The molecule has 2 N–H and O–H groups in total. The molecule has 6 heteroatoms. The quantitative estimate of drug-likeness (QED) is 0.488. The maximum atomic E-state index is 11.6. The van der Waals surface area contributed by atoms with E-state index in [0.29, 0.717) is 25.8 Å². The van der Waals surface area contributed by atoms with E-state index in [2.05, 4.69) is 17.4 Å². The number of nitrogens with one attached hydrogen (secondary N) is 1. The molecule has 0 saturated heterocycles. The lowest BCUT2D eigenvalue weighted by atomic mass is 9.87. The van der Waals surface area contributed by atoms with Gasteiger partial charge in [-0.3, -0.25) is 0 Å². The molecule has 1 aliphatic heterocycles. The van der Waals surface area contributed by atoms with Crippen molar-refractivity contribution in [3.8, 4) is 5.75 Å². The van der Waals surface area contributed by atoms with E-state index in [0.717, 1.165) is 41.7 Å². The first-order valence-electron chi connectivity index (χ1n) is 11.7. The third-order valence-corrected chi connectivity index (χ3v) is 6.16. The lowest BCUT2D eigenvalue weighted by Crippen LogP contribution is -2.37. The van der Waals surface area contributed by atoms with Crippen molar-refractivity contribution in [3.05, 3.63) is 70.3 Å². The number of aliphatic hydroxyl groups excluding tert-OH is 1. The van der Waals surface area contributed by atoms with Gasteiger partial charge in [0.2, 0.25) is 5.79 Å². The van der Waals surface area contributed by atoms with Crippen LogP contribution in [0.1, 0.15) is 61.1 Å². The molecule has 33 heavy (non-hydrogen) atoms. The maximum absolute atomic E-state index is 11.6. The Kier molecular flexibility index (Phi) is 7.17. The van der Waals surface area contributed by atoms with Gasteiger partial charge in [0.15, 0.2) is 0 Å². The van der Waals surface area contributed by atoms with Crippen LogP contribution in [0.2, 0.25) is 0 Å². The zero-order valence-electron chi connectivity index (χ0n) is 19.6. The van der Waals surface area contributed by atoms with Crippen LogP contribution in [0.25, 0.3) is 6.08 Å². The molecule has 1 heterocycles. The van der Waals surface area contributed by atoms with Gasteiger partial charge in [-0.1, -0.05) is 24.3 Å². The first kappa shape index (κ1) is 23.5. The zero-order valence-corrected chi connectivity index (χ0v) is 19.6. The monoisotopic (exact) mass is 451 g/mol. The molecule has 1 unspecified atom stereocenters. The Balaban J connectivity index is 1.34. The summed E-state index contributed by atoms with van der Waals surface area (Å²) in [6.07, 6.45) is 5.57. The Hall–Kier alpha value is -2.67. The molecule has 0 amide bonds. The Morgan fingerprint density at radius 1 is 1.24 bits per heavy atom. The Morgan fingerprint density at radius 3 is 2.91 bits per heavy atom. The molecule has 0 spiro atoms. The number of ether oxygens (including phenoxy) is 3. The largest absolute Gasteiger partial charge is 0.463 e. The third-order valence-electron chi connectivity index (χ3n) is 6.16. The summed E-state index contributed by atoms with van der Waals surface area (Å²) in [7, 11) is 0. The van der Waals surface area contributed by atoms with Crippen molar-refractivity contribution < 1.29 is 24.1 Å². The van der Waals surface area contributed by atoms with Crippen LogP contribution in [0.15, 0.2) is 42.5 Å². The highest BCUT2D eigenvalue weighted by atomic mass is 16.7. The number of fused-ring (bicyclic) bond motifs is 2. The van der Waals surface area contributed by atoms with E-state index in [1.165, 1.54) is 17.2 Å². The number of rotatable bonds is 7. The number of aliphatic hydroxyl groups is 1. The molecule has 0 bridgehead atoms.